The molecule has 30 heavy (non-hydrogen) atoms. The van der Waals surface area contributed by atoms with Gasteiger partial charge in [-0.3, -0.25) is 4.90 Å². The third-order valence-electron chi connectivity index (χ3n) is 5.89. The molecule has 2 aromatic carbocycles. The van der Waals surface area contributed by atoms with Crippen LogP contribution in [0.2, 0.25) is 0 Å². The molecule has 1 atom stereocenters. The summed E-state index contributed by atoms with van der Waals surface area (Å²) in [5.74, 6) is 2.81. The van der Waals surface area contributed by atoms with E-state index in [0.717, 1.165) is 37.2 Å². The minimum Gasteiger partial charge on any atom is -0.493 e. The molecule has 4 rings (SSSR count). The molecule has 2 heterocycles. The van der Waals surface area contributed by atoms with E-state index >= 15 is 0 Å². The van der Waals surface area contributed by atoms with Crippen molar-refractivity contribution in [2.75, 3.05) is 47.2 Å². The molecule has 2 aromatic rings. The molecule has 0 saturated heterocycles. The van der Waals surface area contributed by atoms with Crippen molar-refractivity contribution in [2.45, 2.75) is 25.4 Å². The smallest absolute Gasteiger partial charge is 0.165 e. The quantitative estimate of drug-likeness (QED) is 0.683. The Hall–Kier alpha value is -2.48. The van der Waals surface area contributed by atoms with Gasteiger partial charge in [-0.1, -0.05) is 6.07 Å². The number of nitrogens with zero attached hydrogens (tertiary/aromatic N) is 1. The van der Waals surface area contributed by atoms with E-state index in [1.807, 2.05) is 6.07 Å². The van der Waals surface area contributed by atoms with Gasteiger partial charge >= 0.3 is 0 Å². The van der Waals surface area contributed by atoms with Crippen molar-refractivity contribution in [3.05, 3.63) is 46.5 Å². The lowest BCUT2D eigenvalue weighted by Gasteiger charge is -2.42. The van der Waals surface area contributed by atoms with Crippen LogP contribution in [0.5, 0.6) is 23.0 Å². The Labute approximate surface area is 176 Å². The first kappa shape index (κ1) is 20.8. The topological polar surface area (TPSA) is 80.6 Å². The zero-order chi connectivity index (χ0) is 21.1. The highest BCUT2D eigenvalue weighted by Gasteiger charge is 2.35. The highest BCUT2D eigenvalue weighted by molar-refractivity contribution is 5.54. The summed E-state index contributed by atoms with van der Waals surface area (Å²) in [7, 11) is 3.30. The number of aliphatic hydroxyl groups is 2. The fourth-order valence-electron chi connectivity index (χ4n) is 4.53. The Kier molecular flexibility index (Phi) is 6.32. The van der Waals surface area contributed by atoms with E-state index in [1.54, 1.807) is 14.2 Å². The summed E-state index contributed by atoms with van der Waals surface area (Å²) < 4.78 is 22.6. The van der Waals surface area contributed by atoms with E-state index in [1.165, 1.54) is 16.7 Å². The first-order valence-corrected chi connectivity index (χ1v) is 10.3. The van der Waals surface area contributed by atoms with Gasteiger partial charge in [-0.05, 0) is 47.7 Å². The number of ether oxygens (including phenoxy) is 4. The van der Waals surface area contributed by atoms with Crippen LogP contribution in [0.1, 0.15) is 28.3 Å². The number of aliphatic hydroxyl groups excluding tert-OH is 2. The molecule has 7 heteroatoms. The van der Waals surface area contributed by atoms with E-state index in [2.05, 4.69) is 23.1 Å². The van der Waals surface area contributed by atoms with Crippen molar-refractivity contribution in [3.63, 3.8) is 0 Å². The van der Waals surface area contributed by atoms with Gasteiger partial charge < -0.3 is 29.2 Å². The Bertz CT molecular complexity index is 900. The van der Waals surface area contributed by atoms with Crippen LogP contribution in [0.25, 0.3) is 0 Å². The summed E-state index contributed by atoms with van der Waals surface area (Å²) in [5, 5.41) is 18.2. The zero-order valence-corrected chi connectivity index (χ0v) is 17.5. The van der Waals surface area contributed by atoms with Gasteiger partial charge in [-0.15, -0.1) is 0 Å². The van der Waals surface area contributed by atoms with Gasteiger partial charge in [0.1, 0.15) is 13.2 Å². The predicted molar refractivity (Wildman–Crippen MR) is 112 cm³/mol. The number of hydrogen-bond donors (Lipinski definition) is 2. The maximum atomic E-state index is 9.14. The molecule has 0 bridgehead atoms. The fraction of sp³-hybridized carbons (Fsp3) is 0.478. The van der Waals surface area contributed by atoms with E-state index in [9.17, 15) is 0 Å². The monoisotopic (exact) mass is 415 g/mol. The van der Waals surface area contributed by atoms with Crippen LogP contribution in [0.3, 0.4) is 0 Å². The molecule has 2 aliphatic rings. The molecule has 1 unspecified atom stereocenters. The van der Waals surface area contributed by atoms with Crippen LogP contribution in [0.4, 0.5) is 0 Å². The van der Waals surface area contributed by atoms with Crippen LogP contribution in [-0.2, 0) is 19.4 Å². The molecule has 0 saturated carbocycles. The third kappa shape index (κ3) is 3.80. The largest absolute Gasteiger partial charge is 0.493 e. The molecule has 0 radical (unpaired) electrons. The summed E-state index contributed by atoms with van der Waals surface area (Å²) >= 11 is 0. The average molecular weight is 415 g/mol. The van der Waals surface area contributed by atoms with Crippen molar-refractivity contribution in [1.29, 1.82) is 0 Å². The summed E-state index contributed by atoms with van der Waals surface area (Å²) in [5.41, 5.74) is 4.92. The molecule has 2 N–H and O–H groups in total. The first-order valence-electron chi connectivity index (χ1n) is 10.3. The van der Waals surface area contributed by atoms with Crippen LogP contribution < -0.4 is 18.9 Å². The first-order chi connectivity index (χ1) is 14.7. The fourth-order valence-corrected chi connectivity index (χ4v) is 4.53. The van der Waals surface area contributed by atoms with Gasteiger partial charge in [0.15, 0.2) is 23.0 Å². The lowest BCUT2D eigenvalue weighted by molar-refractivity contribution is 0.155. The van der Waals surface area contributed by atoms with Crippen LogP contribution in [0, 0.1) is 0 Å². The summed E-state index contributed by atoms with van der Waals surface area (Å²) in [6, 6.07) is 8.42. The standard InChI is InChI=1S/C23H29NO6/c1-27-21-12-16-5-6-24-14-18-15(3-4-20(23(18)28-2)29-9-7-25)11-19(24)17(16)13-22(21)30-10-8-26/h3-4,12-13,19,25-26H,5-11,14H2,1-2H3. The second-order valence-electron chi connectivity index (χ2n) is 7.52. The molecule has 162 valence electrons. The lowest BCUT2D eigenvalue weighted by Crippen LogP contribution is -2.39. The van der Waals surface area contributed by atoms with Crippen LogP contribution >= 0.6 is 0 Å². The van der Waals surface area contributed by atoms with E-state index < -0.39 is 0 Å². The SMILES string of the molecule is COc1cc2c(cc1OCCO)C1Cc3ccc(OCCO)c(OC)c3CN1CC2. The molecule has 0 spiro atoms. The summed E-state index contributed by atoms with van der Waals surface area (Å²) in [4.78, 5) is 2.46. The number of benzene rings is 2. The number of fused-ring (bicyclic) bond motifs is 4. The molecule has 0 aliphatic carbocycles. The number of rotatable bonds is 8. The Morgan fingerprint density at radius 1 is 0.933 bits per heavy atom. The van der Waals surface area contributed by atoms with E-state index in [0.29, 0.717) is 17.2 Å². The molecular formula is C23H29NO6. The highest BCUT2D eigenvalue weighted by Crippen LogP contribution is 2.45. The maximum Gasteiger partial charge on any atom is 0.165 e. The number of hydrogen-bond acceptors (Lipinski definition) is 7. The third-order valence-corrected chi connectivity index (χ3v) is 5.89. The van der Waals surface area contributed by atoms with Crippen molar-refractivity contribution in [1.82, 2.24) is 4.90 Å². The average Bonchev–Trinajstić information content (AvgIpc) is 2.78. The Morgan fingerprint density at radius 3 is 2.40 bits per heavy atom. The lowest BCUT2D eigenvalue weighted by atomic mass is 9.83. The molecular weight excluding hydrogens is 386 g/mol. The zero-order valence-electron chi connectivity index (χ0n) is 17.5. The molecule has 0 amide bonds. The Morgan fingerprint density at radius 2 is 1.70 bits per heavy atom. The van der Waals surface area contributed by atoms with Crippen LogP contribution in [0.15, 0.2) is 24.3 Å². The highest BCUT2D eigenvalue weighted by atomic mass is 16.5. The second kappa shape index (κ2) is 9.12. The minimum absolute atomic E-state index is 0.0324. The normalized spacial score (nSPS) is 17.5. The van der Waals surface area contributed by atoms with Crippen molar-refractivity contribution < 1.29 is 29.2 Å². The minimum atomic E-state index is -0.0380. The summed E-state index contributed by atoms with van der Waals surface area (Å²) in [6.07, 6.45) is 1.80. The summed E-state index contributed by atoms with van der Waals surface area (Å²) in [6.45, 7) is 2.13. The van der Waals surface area contributed by atoms with Gasteiger partial charge in [0, 0.05) is 24.7 Å². The number of methoxy groups -OCH3 is 2. The van der Waals surface area contributed by atoms with Gasteiger partial charge in [-0.2, -0.15) is 0 Å². The van der Waals surface area contributed by atoms with E-state index in [-0.39, 0.29) is 32.5 Å². The van der Waals surface area contributed by atoms with E-state index in [4.69, 9.17) is 29.2 Å². The van der Waals surface area contributed by atoms with Gasteiger partial charge in [0.25, 0.3) is 0 Å². The van der Waals surface area contributed by atoms with Crippen molar-refractivity contribution in [2.24, 2.45) is 0 Å². The molecule has 2 aliphatic heterocycles. The second-order valence-corrected chi connectivity index (χ2v) is 7.52. The van der Waals surface area contributed by atoms with Gasteiger partial charge in [0.05, 0.1) is 27.4 Å². The Balaban J connectivity index is 1.68. The van der Waals surface area contributed by atoms with Crippen LogP contribution in [-0.4, -0.2) is 62.3 Å². The van der Waals surface area contributed by atoms with Gasteiger partial charge in [0.2, 0.25) is 0 Å². The molecule has 0 aromatic heterocycles. The van der Waals surface area contributed by atoms with Crippen molar-refractivity contribution in [3.8, 4) is 23.0 Å². The molecule has 0 fully saturated rings. The van der Waals surface area contributed by atoms with Gasteiger partial charge in [-0.25, -0.2) is 0 Å². The maximum absolute atomic E-state index is 9.14. The molecule has 7 nitrogen and oxygen atoms in total. The van der Waals surface area contributed by atoms with Crippen molar-refractivity contribution >= 4 is 0 Å². The predicted octanol–water partition coefficient (Wildman–Crippen LogP) is 2.10.